The van der Waals surface area contributed by atoms with Gasteiger partial charge in [0.15, 0.2) is 0 Å². The van der Waals surface area contributed by atoms with E-state index in [1.165, 1.54) is 6.82 Å². The number of rotatable bonds is 0. The van der Waals surface area contributed by atoms with Crippen molar-refractivity contribution in [2.75, 3.05) is 0 Å². The van der Waals surface area contributed by atoms with Crippen LogP contribution in [-0.2, 0) is 0 Å². The van der Waals surface area contributed by atoms with E-state index in [4.69, 9.17) is 10.0 Å². The SMILES string of the molecule is C.C.C.C.C.C.C.CB(O)O. The van der Waals surface area contributed by atoms with Crippen molar-refractivity contribution in [1.29, 1.82) is 0 Å². The molecule has 0 aliphatic heterocycles. The lowest BCUT2D eigenvalue weighted by molar-refractivity contribution is 0.417. The summed E-state index contributed by atoms with van der Waals surface area (Å²) < 4.78 is 0. The van der Waals surface area contributed by atoms with E-state index < -0.39 is 7.12 Å². The van der Waals surface area contributed by atoms with E-state index in [2.05, 4.69) is 0 Å². The molecule has 0 rings (SSSR count). The van der Waals surface area contributed by atoms with Gasteiger partial charge in [0.25, 0.3) is 0 Å². The van der Waals surface area contributed by atoms with Crippen LogP contribution in [0, 0.1) is 0 Å². The molecule has 0 bridgehead atoms. The van der Waals surface area contributed by atoms with Crippen LogP contribution in [0.3, 0.4) is 0 Å². The number of hydrogen-bond donors (Lipinski definition) is 2. The van der Waals surface area contributed by atoms with Gasteiger partial charge in [-0.2, -0.15) is 0 Å². The Labute approximate surface area is 76.8 Å². The van der Waals surface area contributed by atoms with Gasteiger partial charge in [-0.25, -0.2) is 0 Å². The highest BCUT2D eigenvalue weighted by Crippen LogP contribution is 1.51. The van der Waals surface area contributed by atoms with Gasteiger partial charge in [0, 0.05) is 0 Å². The molecule has 0 amide bonds. The average Bonchev–Trinajstić information content (AvgIpc) is 0.811. The molecule has 0 heterocycles. The highest BCUT2D eigenvalue weighted by molar-refractivity contribution is 6.38. The Bertz CT molecular complexity index is 16.8. The Hall–Kier alpha value is -0.0151. The van der Waals surface area contributed by atoms with Gasteiger partial charge >= 0.3 is 7.12 Å². The maximum atomic E-state index is 7.61. The zero-order valence-electron chi connectivity index (χ0n) is 2.47. The summed E-state index contributed by atoms with van der Waals surface area (Å²) in [4.78, 5) is 0. The van der Waals surface area contributed by atoms with Crippen LogP contribution in [0.2, 0.25) is 6.82 Å². The van der Waals surface area contributed by atoms with Crippen molar-refractivity contribution in [2.24, 2.45) is 0 Å². The average molecular weight is 172 g/mol. The smallest absolute Gasteiger partial charge is 0.427 e. The topological polar surface area (TPSA) is 40.5 Å². The molecule has 0 unspecified atom stereocenters. The van der Waals surface area contributed by atoms with Crippen molar-refractivity contribution in [2.45, 2.75) is 58.8 Å². The lowest BCUT2D eigenvalue weighted by Crippen LogP contribution is -2.00. The van der Waals surface area contributed by atoms with Crippen molar-refractivity contribution in [3.63, 3.8) is 0 Å². The highest BCUT2D eigenvalue weighted by atomic mass is 16.4. The van der Waals surface area contributed by atoms with E-state index in [9.17, 15) is 0 Å². The molecule has 0 atom stereocenters. The fraction of sp³-hybridized carbons (Fsp3) is 1.00. The van der Waals surface area contributed by atoms with Crippen LogP contribution in [-0.4, -0.2) is 17.2 Å². The van der Waals surface area contributed by atoms with E-state index in [1.807, 2.05) is 0 Å². The zero-order valence-corrected chi connectivity index (χ0v) is 2.47. The fourth-order valence-corrected chi connectivity index (χ4v) is 0. The molecular formula is C8H33BO2. The molecular weight excluding hydrogens is 139 g/mol. The summed E-state index contributed by atoms with van der Waals surface area (Å²) in [7, 11) is -1.17. The van der Waals surface area contributed by atoms with Crippen molar-refractivity contribution >= 4 is 7.12 Å². The minimum absolute atomic E-state index is 0. The van der Waals surface area contributed by atoms with Crippen LogP contribution in [0.25, 0.3) is 0 Å². The molecule has 3 heteroatoms. The van der Waals surface area contributed by atoms with Crippen LogP contribution in [0.4, 0.5) is 0 Å². The summed E-state index contributed by atoms with van der Waals surface area (Å²) in [5, 5.41) is 15.2. The van der Waals surface area contributed by atoms with Gasteiger partial charge in [-0.15, -0.1) is 0 Å². The molecule has 0 radical (unpaired) electrons. The standard InChI is InChI=1S/CH5BO2.7CH4/c1-2(3)4;;;;;;;/h3-4H,1H3;7*1H4. The van der Waals surface area contributed by atoms with E-state index in [0.29, 0.717) is 0 Å². The third kappa shape index (κ3) is 2810000. The molecule has 0 aromatic rings. The van der Waals surface area contributed by atoms with Crippen molar-refractivity contribution < 1.29 is 10.0 Å². The first-order valence-electron chi connectivity index (χ1n) is 1.09. The minimum Gasteiger partial charge on any atom is -0.427 e. The lowest BCUT2D eigenvalue weighted by Gasteiger charge is -1.71. The maximum Gasteiger partial charge on any atom is 0.448 e. The first-order valence-corrected chi connectivity index (χ1v) is 1.09. The second-order valence-corrected chi connectivity index (χ2v) is 0.632. The van der Waals surface area contributed by atoms with Gasteiger partial charge in [0.05, 0.1) is 0 Å². The monoisotopic (exact) mass is 172 g/mol. The normalized spacial score (nSPS) is 2.45. The summed E-state index contributed by atoms with van der Waals surface area (Å²) in [5.41, 5.74) is 0. The molecule has 11 heavy (non-hydrogen) atoms. The fourth-order valence-electron chi connectivity index (χ4n) is 0. The second kappa shape index (κ2) is 90.5. The molecule has 0 aliphatic carbocycles. The summed E-state index contributed by atoms with van der Waals surface area (Å²) in [6.45, 7) is 1.28. The molecule has 0 aromatic heterocycles. The minimum atomic E-state index is -1.17. The van der Waals surface area contributed by atoms with Gasteiger partial charge in [-0.1, -0.05) is 52.0 Å². The Balaban J connectivity index is -0.00000000214. The van der Waals surface area contributed by atoms with Crippen LogP contribution >= 0.6 is 0 Å². The Morgan fingerprint density at radius 2 is 0.636 bits per heavy atom. The van der Waals surface area contributed by atoms with Crippen molar-refractivity contribution in [3.05, 3.63) is 0 Å². The van der Waals surface area contributed by atoms with Crippen LogP contribution in [0.5, 0.6) is 0 Å². The van der Waals surface area contributed by atoms with E-state index in [1.54, 1.807) is 0 Å². The van der Waals surface area contributed by atoms with Crippen LogP contribution in [0.15, 0.2) is 0 Å². The summed E-state index contributed by atoms with van der Waals surface area (Å²) >= 11 is 0. The van der Waals surface area contributed by atoms with Crippen molar-refractivity contribution in [1.82, 2.24) is 0 Å². The van der Waals surface area contributed by atoms with Crippen molar-refractivity contribution in [3.8, 4) is 0 Å². The lowest BCUT2D eigenvalue weighted by atomic mass is 9.99. The van der Waals surface area contributed by atoms with Gasteiger partial charge in [0.2, 0.25) is 0 Å². The van der Waals surface area contributed by atoms with E-state index in [-0.39, 0.29) is 52.0 Å². The Morgan fingerprint density at radius 3 is 0.636 bits per heavy atom. The predicted octanol–water partition coefficient (Wildman–Crippen LogP) is 3.54. The maximum absolute atomic E-state index is 7.61. The molecule has 0 spiro atoms. The quantitative estimate of drug-likeness (QED) is 0.548. The third-order valence-corrected chi connectivity index (χ3v) is 0. The van der Waals surface area contributed by atoms with Crippen LogP contribution < -0.4 is 0 Å². The number of hydrogen-bond acceptors (Lipinski definition) is 2. The first kappa shape index (κ1) is 123. The Morgan fingerprint density at radius 1 is 0.636 bits per heavy atom. The molecule has 0 saturated heterocycles. The van der Waals surface area contributed by atoms with Crippen LogP contribution in [0.1, 0.15) is 52.0 Å². The highest BCUT2D eigenvalue weighted by Gasteiger charge is 1.86. The van der Waals surface area contributed by atoms with E-state index in [0.717, 1.165) is 0 Å². The van der Waals surface area contributed by atoms with Gasteiger partial charge in [-0.3, -0.25) is 0 Å². The largest absolute Gasteiger partial charge is 0.448 e. The first-order chi connectivity index (χ1) is 1.73. The Kier molecular flexibility index (Phi) is 1010. The van der Waals surface area contributed by atoms with Gasteiger partial charge < -0.3 is 10.0 Å². The third-order valence-electron chi connectivity index (χ3n) is 0. The summed E-state index contributed by atoms with van der Waals surface area (Å²) in [6, 6.07) is 0. The van der Waals surface area contributed by atoms with Gasteiger partial charge in [-0.05, 0) is 6.82 Å². The second-order valence-electron chi connectivity index (χ2n) is 0.632. The molecule has 0 saturated carbocycles. The molecule has 0 fully saturated rings. The predicted molar refractivity (Wildman–Crippen MR) is 63.2 cm³/mol. The molecule has 2 N–H and O–H groups in total. The molecule has 80 valence electrons. The van der Waals surface area contributed by atoms with Gasteiger partial charge in [0.1, 0.15) is 0 Å². The van der Waals surface area contributed by atoms with E-state index >= 15 is 0 Å². The zero-order chi connectivity index (χ0) is 3.58. The summed E-state index contributed by atoms with van der Waals surface area (Å²) in [6.07, 6.45) is 0. The molecule has 0 aromatic carbocycles. The summed E-state index contributed by atoms with van der Waals surface area (Å²) in [5.74, 6) is 0. The molecule has 0 aliphatic rings. The molecule has 2 nitrogen and oxygen atoms in total.